The normalized spacial score (nSPS) is 30.1. The molecule has 1 fully saturated rings. The van der Waals surface area contributed by atoms with Gasteiger partial charge in [-0.25, -0.2) is 0 Å². The van der Waals surface area contributed by atoms with Crippen molar-refractivity contribution in [1.82, 2.24) is 5.32 Å². The first-order valence-corrected chi connectivity index (χ1v) is 6.60. The predicted molar refractivity (Wildman–Crippen MR) is 70.1 cm³/mol. The summed E-state index contributed by atoms with van der Waals surface area (Å²) in [5.74, 6) is -0.101. The van der Waals surface area contributed by atoms with Gasteiger partial charge in [-0.3, -0.25) is 0 Å². The first-order valence-electron chi connectivity index (χ1n) is 6.60. The number of rotatable bonds is 1. The summed E-state index contributed by atoms with van der Waals surface area (Å²) in [6.07, 6.45) is 1.57. The first kappa shape index (κ1) is 12.0. The molecule has 2 unspecified atom stereocenters. The molecule has 18 heavy (non-hydrogen) atoms. The van der Waals surface area contributed by atoms with Gasteiger partial charge in [0, 0.05) is 11.6 Å². The summed E-state index contributed by atoms with van der Waals surface area (Å²) in [6, 6.07) is 5.62. The second-order valence-corrected chi connectivity index (χ2v) is 5.57. The lowest BCUT2D eigenvalue weighted by atomic mass is 9.77. The van der Waals surface area contributed by atoms with Crippen LogP contribution in [0.3, 0.4) is 0 Å². The average molecular weight is 248 g/mol. The molecule has 0 amide bonds. The highest BCUT2D eigenvalue weighted by molar-refractivity contribution is 5.48. The van der Waals surface area contributed by atoms with Crippen molar-refractivity contribution in [1.29, 1.82) is 0 Å². The van der Waals surface area contributed by atoms with Gasteiger partial charge in [-0.05, 0) is 55.6 Å². The summed E-state index contributed by atoms with van der Waals surface area (Å²) in [5, 5.41) is 24.4. The van der Waals surface area contributed by atoms with E-state index in [0.717, 1.165) is 36.3 Å². The number of nitrogens with two attached hydrogens (primary N) is 1. The minimum absolute atomic E-state index is 0.101. The van der Waals surface area contributed by atoms with Crippen molar-refractivity contribution < 1.29 is 10.2 Å². The molecular formula is C14H20N2O2. The van der Waals surface area contributed by atoms with Crippen LogP contribution < -0.4 is 11.1 Å². The van der Waals surface area contributed by atoms with Gasteiger partial charge >= 0.3 is 0 Å². The van der Waals surface area contributed by atoms with Gasteiger partial charge in [0.1, 0.15) is 0 Å². The Morgan fingerprint density at radius 1 is 1.28 bits per heavy atom. The van der Waals surface area contributed by atoms with Crippen molar-refractivity contribution >= 4 is 5.69 Å². The number of anilines is 1. The predicted octanol–water partition coefficient (Wildman–Crippen LogP) is 0.589. The van der Waals surface area contributed by atoms with E-state index < -0.39 is 11.7 Å². The second kappa shape index (κ2) is 4.23. The molecule has 1 aliphatic heterocycles. The van der Waals surface area contributed by atoms with E-state index in [1.807, 2.05) is 18.2 Å². The van der Waals surface area contributed by atoms with E-state index in [2.05, 4.69) is 5.32 Å². The third kappa shape index (κ3) is 1.81. The Kier molecular flexibility index (Phi) is 2.81. The number of aliphatic hydroxyl groups is 2. The Hall–Kier alpha value is -1.10. The van der Waals surface area contributed by atoms with Gasteiger partial charge < -0.3 is 21.3 Å². The van der Waals surface area contributed by atoms with Crippen LogP contribution in [0.4, 0.5) is 5.69 Å². The topological polar surface area (TPSA) is 78.5 Å². The lowest BCUT2D eigenvalue weighted by molar-refractivity contribution is -0.0836. The van der Waals surface area contributed by atoms with Gasteiger partial charge in [-0.15, -0.1) is 0 Å². The minimum atomic E-state index is -0.752. The highest BCUT2D eigenvalue weighted by atomic mass is 16.3. The smallest absolute Gasteiger partial charge is 0.0851 e. The summed E-state index contributed by atoms with van der Waals surface area (Å²) < 4.78 is 0. The molecule has 0 aromatic heterocycles. The minimum Gasteiger partial charge on any atom is -0.399 e. The molecule has 3 rings (SSSR count). The van der Waals surface area contributed by atoms with Gasteiger partial charge in [0.2, 0.25) is 0 Å². The number of nitrogens with one attached hydrogen (secondary N) is 1. The fourth-order valence-corrected chi connectivity index (χ4v) is 3.37. The quantitative estimate of drug-likeness (QED) is 0.549. The summed E-state index contributed by atoms with van der Waals surface area (Å²) in [7, 11) is 0. The van der Waals surface area contributed by atoms with Crippen LogP contribution >= 0.6 is 0 Å². The van der Waals surface area contributed by atoms with Crippen LogP contribution in [-0.4, -0.2) is 28.9 Å². The van der Waals surface area contributed by atoms with Crippen LogP contribution in [0.2, 0.25) is 0 Å². The van der Waals surface area contributed by atoms with Crippen LogP contribution in [0.15, 0.2) is 18.2 Å². The van der Waals surface area contributed by atoms with Gasteiger partial charge in [0.05, 0.1) is 11.7 Å². The molecule has 1 heterocycles. The number of benzene rings is 1. The van der Waals surface area contributed by atoms with Crippen LogP contribution in [0.25, 0.3) is 0 Å². The Labute approximate surface area is 107 Å². The monoisotopic (exact) mass is 248 g/mol. The Bertz CT molecular complexity index is 455. The van der Waals surface area contributed by atoms with Crippen LogP contribution in [0, 0.1) is 5.92 Å². The number of hydrogen-bond donors (Lipinski definition) is 4. The molecule has 4 heteroatoms. The lowest BCUT2D eigenvalue weighted by Crippen LogP contribution is -2.48. The molecule has 1 aromatic carbocycles. The molecule has 0 radical (unpaired) electrons. The third-order valence-corrected chi connectivity index (χ3v) is 4.47. The molecule has 1 saturated heterocycles. The van der Waals surface area contributed by atoms with Crippen molar-refractivity contribution in [2.75, 3.05) is 18.8 Å². The molecule has 0 saturated carbocycles. The zero-order valence-electron chi connectivity index (χ0n) is 10.4. The Balaban J connectivity index is 1.89. The maximum atomic E-state index is 10.8. The average Bonchev–Trinajstić information content (AvgIpc) is 2.68. The van der Waals surface area contributed by atoms with Crippen molar-refractivity contribution in [2.45, 2.75) is 31.0 Å². The summed E-state index contributed by atoms with van der Waals surface area (Å²) >= 11 is 0. The van der Waals surface area contributed by atoms with Crippen LogP contribution in [0.1, 0.15) is 30.1 Å². The van der Waals surface area contributed by atoms with Gasteiger partial charge in [0.15, 0.2) is 0 Å². The third-order valence-electron chi connectivity index (χ3n) is 4.47. The molecule has 1 aromatic rings. The molecule has 1 aliphatic carbocycles. The molecular weight excluding hydrogens is 228 g/mol. The zero-order chi connectivity index (χ0) is 12.8. The highest BCUT2D eigenvalue weighted by Gasteiger charge is 2.45. The number of aliphatic hydroxyl groups excluding tert-OH is 1. The number of piperidine rings is 1. The van der Waals surface area contributed by atoms with Crippen molar-refractivity contribution in [3.8, 4) is 0 Å². The maximum Gasteiger partial charge on any atom is 0.0851 e. The van der Waals surface area contributed by atoms with Gasteiger partial charge in [-0.1, -0.05) is 6.07 Å². The number of hydrogen-bond acceptors (Lipinski definition) is 4. The maximum absolute atomic E-state index is 10.8. The fraction of sp³-hybridized carbons (Fsp3) is 0.571. The zero-order valence-corrected chi connectivity index (χ0v) is 10.4. The number of nitrogen functional groups attached to an aromatic ring is 1. The largest absolute Gasteiger partial charge is 0.399 e. The van der Waals surface area contributed by atoms with Crippen LogP contribution in [0.5, 0.6) is 0 Å². The van der Waals surface area contributed by atoms with E-state index in [1.54, 1.807) is 0 Å². The van der Waals surface area contributed by atoms with E-state index in [4.69, 9.17) is 5.73 Å². The molecule has 5 N–H and O–H groups in total. The Morgan fingerprint density at radius 3 is 2.72 bits per heavy atom. The first-order chi connectivity index (χ1) is 8.60. The second-order valence-electron chi connectivity index (χ2n) is 5.57. The van der Waals surface area contributed by atoms with Crippen LogP contribution in [-0.2, 0) is 6.42 Å². The SMILES string of the molecule is Nc1ccc2c(c1)CC(C1(O)CCNCC1)C2O. The highest BCUT2D eigenvalue weighted by Crippen LogP contribution is 2.45. The molecule has 0 bridgehead atoms. The summed E-state index contributed by atoms with van der Waals surface area (Å²) in [6.45, 7) is 1.64. The van der Waals surface area contributed by atoms with E-state index >= 15 is 0 Å². The van der Waals surface area contributed by atoms with E-state index in [0.29, 0.717) is 12.8 Å². The summed E-state index contributed by atoms with van der Waals surface area (Å²) in [5.41, 5.74) is 7.76. The van der Waals surface area contributed by atoms with Crippen molar-refractivity contribution in [3.05, 3.63) is 29.3 Å². The van der Waals surface area contributed by atoms with Gasteiger partial charge in [0.25, 0.3) is 0 Å². The molecule has 0 spiro atoms. The standard InChI is InChI=1S/C14H20N2O2/c15-10-1-2-11-9(7-10)8-12(13(11)17)14(18)3-5-16-6-4-14/h1-2,7,12-13,16-18H,3-6,8,15H2. The van der Waals surface area contributed by atoms with E-state index in [9.17, 15) is 10.2 Å². The van der Waals surface area contributed by atoms with E-state index in [-0.39, 0.29) is 5.92 Å². The van der Waals surface area contributed by atoms with E-state index in [1.165, 1.54) is 0 Å². The molecule has 98 valence electrons. The lowest BCUT2D eigenvalue weighted by Gasteiger charge is -2.39. The van der Waals surface area contributed by atoms with Crippen molar-refractivity contribution in [2.24, 2.45) is 5.92 Å². The summed E-state index contributed by atoms with van der Waals surface area (Å²) in [4.78, 5) is 0. The molecule has 2 aliphatic rings. The molecule has 4 nitrogen and oxygen atoms in total. The van der Waals surface area contributed by atoms with Gasteiger partial charge in [-0.2, -0.15) is 0 Å². The van der Waals surface area contributed by atoms with Crippen molar-refractivity contribution in [3.63, 3.8) is 0 Å². The molecule has 2 atom stereocenters. The number of fused-ring (bicyclic) bond motifs is 1. The fourth-order valence-electron chi connectivity index (χ4n) is 3.37. The Morgan fingerprint density at radius 2 is 2.00 bits per heavy atom.